The Bertz CT molecular complexity index is 257. The normalized spacial score (nSPS) is 25.5. The predicted molar refractivity (Wildman–Crippen MR) is 70.0 cm³/mol. The SMILES string of the molecule is CC1(C)CCN(C(=O)N2CCCCCC2)CC1. The second kappa shape index (κ2) is 5.28. The Morgan fingerprint density at radius 2 is 1.29 bits per heavy atom. The number of likely N-dealkylation sites (tertiary alicyclic amines) is 2. The summed E-state index contributed by atoms with van der Waals surface area (Å²) in [6, 6.07) is 0.294. The van der Waals surface area contributed by atoms with Gasteiger partial charge in [0.1, 0.15) is 0 Å². The van der Waals surface area contributed by atoms with E-state index >= 15 is 0 Å². The van der Waals surface area contributed by atoms with Crippen LogP contribution in [0.25, 0.3) is 0 Å². The summed E-state index contributed by atoms with van der Waals surface area (Å²) < 4.78 is 0. The van der Waals surface area contributed by atoms with Crippen LogP contribution in [-0.2, 0) is 0 Å². The Morgan fingerprint density at radius 1 is 0.824 bits per heavy atom. The maximum Gasteiger partial charge on any atom is 0.319 e. The number of hydrogen-bond donors (Lipinski definition) is 0. The van der Waals surface area contributed by atoms with Crippen molar-refractivity contribution in [3.8, 4) is 0 Å². The highest BCUT2D eigenvalue weighted by Gasteiger charge is 2.30. The highest BCUT2D eigenvalue weighted by Crippen LogP contribution is 2.30. The lowest BCUT2D eigenvalue weighted by atomic mass is 9.83. The Hall–Kier alpha value is -0.730. The molecule has 0 saturated carbocycles. The summed E-state index contributed by atoms with van der Waals surface area (Å²) in [5.41, 5.74) is 0.426. The molecule has 0 spiro atoms. The molecule has 0 bridgehead atoms. The minimum atomic E-state index is 0.294. The third-order valence-corrected chi connectivity index (χ3v) is 4.26. The van der Waals surface area contributed by atoms with E-state index in [1.165, 1.54) is 25.7 Å². The van der Waals surface area contributed by atoms with Gasteiger partial charge in [-0.05, 0) is 31.1 Å². The minimum Gasteiger partial charge on any atom is -0.325 e. The van der Waals surface area contributed by atoms with Crippen LogP contribution in [-0.4, -0.2) is 42.0 Å². The van der Waals surface area contributed by atoms with E-state index in [0.29, 0.717) is 11.4 Å². The zero-order valence-electron chi connectivity index (χ0n) is 11.4. The molecule has 2 heterocycles. The molecule has 3 nitrogen and oxygen atoms in total. The van der Waals surface area contributed by atoms with Crippen molar-refractivity contribution in [3.63, 3.8) is 0 Å². The summed E-state index contributed by atoms with van der Waals surface area (Å²) in [5.74, 6) is 0. The lowest BCUT2D eigenvalue weighted by Gasteiger charge is -2.39. The Kier molecular flexibility index (Phi) is 3.95. The number of rotatable bonds is 0. The molecule has 2 rings (SSSR count). The highest BCUT2D eigenvalue weighted by molar-refractivity contribution is 5.74. The third kappa shape index (κ3) is 3.36. The smallest absolute Gasteiger partial charge is 0.319 e. The van der Waals surface area contributed by atoms with E-state index in [0.717, 1.165) is 39.0 Å². The van der Waals surface area contributed by atoms with Crippen molar-refractivity contribution in [2.75, 3.05) is 26.2 Å². The fourth-order valence-electron chi connectivity index (χ4n) is 2.77. The molecule has 98 valence electrons. The van der Waals surface area contributed by atoms with Gasteiger partial charge in [-0.25, -0.2) is 4.79 Å². The van der Waals surface area contributed by atoms with Gasteiger partial charge in [-0.15, -0.1) is 0 Å². The van der Waals surface area contributed by atoms with E-state index in [-0.39, 0.29) is 0 Å². The molecule has 0 atom stereocenters. The molecule has 2 fully saturated rings. The van der Waals surface area contributed by atoms with Gasteiger partial charge in [-0.1, -0.05) is 26.7 Å². The van der Waals surface area contributed by atoms with Crippen molar-refractivity contribution in [1.29, 1.82) is 0 Å². The van der Waals surface area contributed by atoms with E-state index in [1.807, 2.05) is 0 Å². The van der Waals surface area contributed by atoms with E-state index in [4.69, 9.17) is 0 Å². The molecule has 2 aliphatic rings. The molecule has 3 heteroatoms. The summed E-state index contributed by atoms with van der Waals surface area (Å²) in [6.07, 6.45) is 7.24. The van der Waals surface area contributed by atoms with Crippen LogP contribution in [0.2, 0.25) is 0 Å². The summed E-state index contributed by atoms with van der Waals surface area (Å²) >= 11 is 0. The molecular formula is C14H26N2O. The first kappa shape index (κ1) is 12.7. The van der Waals surface area contributed by atoms with Gasteiger partial charge in [0.2, 0.25) is 0 Å². The number of piperidine rings is 1. The van der Waals surface area contributed by atoms with E-state index < -0.39 is 0 Å². The van der Waals surface area contributed by atoms with E-state index in [2.05, 4.69) is 23.6 Å². The lowest BCUT2D eigenvalue weighted by molar-refractivity contribution is 0.113. The summed E-state index contributed by atoms with van der Waals surface area (Å²) in [6.45, 7) is 8.45. The fourth-order valence-corrected chi connectivity index (χ4v) is 2.77. The second-order valence-corrected chi connectivity index (χ2v) is 6.34. The van der Waals surface area contributed by atoms with Crippen molar-refractivity contribution >= 4 is 6.03 Å². The zero-order chi connectivity index (χ0) is 12.3. The first-order valence-corrected chi connectivity index (χ1v) is 7.12. The molecule has 2 amide bonds. The van der Waals surface area contributed by atoms with Crippen LogP contribution in [0.15, 0.2) is 0 Å². The summed E-state index contributed by atoms with van der Waals surface area (Å²) in [7, 11) is 0. The average molecular weight is 238 g/mol. The van der Waals surface area contributed by atoms with Crippen LogP contribution < -0.4 is 0 Å². The molecule has 0 aliphatic carbocycles. The molecule has 0 aromatic rings. The largest absolute Gasteiger partial charge is 0.325 e. The quantitative estimate of drug-likeness (QED) is 0.636. The summed E-state index contributed by atoms with van der Waals surface area (Å²) in [4.78, 5) is 16.5. The van der Waals surface area contributed by atoms with Crippen LogP contribution in [0, 0.1) is 5.41 Å². The number of nitrogens with zero attached hydrogens (tertiary/aromatic N) is 2. The van der Waals surface area contributed by atoms with Crippen LogP contribution in [0.4, 0.5) is 4.79 Å². The van der Waals surface area contributed by atoms with Gasteiger partial charge in [-0.3, -0.25) is 0 Å². The van der Waals surface area contributed by atoms with Gasteiger partial charge < -0.3 is 9.80 Å². The number of carbonyl (C=O) groups excluding carboxylic acids is 1. The Morgan fingerprint density at radius 3 is 1.82 bits per heavy atom. The van der Waals surface area contributed by atoms with Gasteiger partial charge in [0.05, 0.1) is 0 Å². The van der Waals surface area contributed by atoms with Crippen LogP contribution >= 0.6 is 0 Å². The minimum absolute atomic E-state index is 0.294. The molecular weight excluding hydrogens is 212 g/mol. The van der Waals surface area contributed by atoms with Crippen LogP contribution in [0.1, 0.15) is 52.4 Å². The van der Waals surface area contributed by atoms with Crippen molar-refractivity contribution in [2.45, 2.75) is 52.4 Å². The Labute approximate surface area is 105 Å². The number of carbonyl (C=O) groups is 1. The van der Waals surface area contributed by atoms with Crippen molar-refractivity contribution in [2.24, 2.45) is 5.41 Å². The van der Waals surface area contributed by atoms with Crippen molar-refractivity contribution < 1.29 is 4.79 Å². The second-order valence-electron chi connectivity index (χ2n) is 6.34. The first-order valence-electron chi connectivity index (χ1n) is 7.12. The maximum absolute atomic E-state index is 12.4. The lowest BCUT2D eigenvalue weighted by Crippen LogP contribution is -2.48. The molecule has 0 aromatic carbocycles. The molecule has 2 saturated heterocycles. The molecule has 17 heavy (non-hydrogen) atoms. The standard InChI is InChI=1S/C14H26N2O/c1-14(2)7-11-16(12-8-14)13(17)15-9-5-3-4-6-10-15/h3-12H2,1-2H3. The van der Waals surface area contributed by atoms with Gasteiger partial charge in [0.25, 0.3) is 0 Å². The molecule has 0 N–H and O–H groups in total. The monoisotopic (exact) mass is 238 g/mol. The van der Waals surface area contributed by atoms with Crippen molar-refractivity contribution in [1.82, 2.24) is 9.80 Å². The predicted octanol–water partition coefficient (Wildman–Crippen LogP) is 3.10. The highest BCUT2D eigenvalue weighted by atomic mass is 16.2. The first-order chi connectivity index (χ1) is 8.08. The van der Waals surface area contributed by atoms with Crippen LogP contribution in [0.5, 0.6) is 0 Å². The van der Waals surface area contributed by atoms with Gasteiger partial charge >= 0.3 is 6.03 Å². The summed E-state index contributed by atoms with van der Waals surface area (Å²) in [5, 5.41) is 0. The average Bonchev–Trinajstić information content (AvgIpc) is 2.56. The maximum atomic E-state index is 12.4. The van der Waals surface area contributed by atoms with Crippen molar-refractivity contribution in [3.05, 3.63) is 0 Å². The Balaban J connectivity index is 1.87. The molecule has 0 unspecified atom stereocenters. The van der Waals surface area contributed by atoms with E-state index in [9.17, 15) is 4.79 Å². The van der Waals surface area contributed by atoms with Crippen LogP contribution in [0.3, 0.4) is 0 Å². The number of urea groups is 1. The molecule has 0 radical (unpaired) electrons. The topological polar surface area (TPSA) is 23.6 Å². The fraction of sp³-hybridized carbons (Fsp3) is 0.929. The van der Waals surface area contributed by atoms with Gasteiger partial charge in [-0.2, -0.15) is 0 Å². The number of amides is 2. The number of hydrogen-bond acceptors (Lipinski definition) is 1. The van der Waals surface area contributed by atoms with Gasteiger partial charge in [0.15, 0.2) is 0 Å². The van der Waals surface area contributed by atoms with E-state index in [1.54, 1.807) is 0 Å². The third-order valence-electron chi connectivity index (χ3n) is 4.26. The molecule has 2 aliphatic heterocycles. The zero-order valence-corrected chi connectivity index (χ0v) is 11.4. The van der Waals surface area contributed by atoms with Gasteiger partial charge in [0, 0.05) is 26.2 Å². The molecule has 0 aromatic heterocycles.